The smallest absolute Gasteiger partial charge is 0.135 e. The van der Waals surface area contributed by atoms with Crippen molar-refractivity contribution in [2.45, 2.75) is 6.42 Å². The molecule has 0 radical (unpaired) electrons. The van der Waals surface area contributed by atoms with Gasteiger partial charge in [-0.2, -0.15) is 0 Å². The van der Waals surface area contributed by atoms with Crippen LogP contribution >= 0.6 is 23.2 Å². The van der Waals surface area contributed by atoms with Gasteiger partial charge in [-0.05, 0) is 36.2 Å². The lowest BCUT2D eigenvalue weighted by molar-refractivity contribution is 0.420. The lowest BCUT2D eigenvalue weighted by atomic mass is 10.1. The summed E-state index contributed by atoms with van der Waals surface area (Å²) in [6, 6.07) is 15.5. The molecule has 0 aliphatic heterocycles. The fourth-order valence-corrected chi connectivity index (χ4v) is 2.95. The van der Waals surface area contributed by atoms with Crippen molar-refractivity contribution in [1.29, 1.82) is 0 Å². The van der Waals surface area contributed by atoms with Crippen molar-refractivity contribution >= 4 is 39.8 Å². The molecule has 1 aromatic heterocycles. The van der Waals surface area contributed by atoms with E-state index in [9.17, 15) is 0 Å². The zero-order valence-corrected chi connectivity index (χ0v) is 14.2. The van der Waals surface area contributed by atoms with Crippen molar-refractivity contribution in [3.8, 4) is 5.75 Å². The van der Waals surface area contributed by atoms with E-state index in [2.05, 4.69) is 16.4 Å². The number of benzene rings is 2. The van der Waals surface area contributed by atoms with E-state index in [4.69, 9.17) is 27.9 Å². The SMILES string of the molecule is COc1cccc2c(NCCc3cccc(Cl)c3)nc(Cl)cc12. The van der Waals surface area contributed by atoms with Gasteiger partial charge in [-0.3, -0.25) is 0 Å². The minimum Gasteiger partial charge on any atom is -0.496 e. The standard InChI is InChI=1S/C18H16Cl2N2O/c1-23-16-7-3-6-14-15(16)11-17(20)22-18(14)21-9-8-12-4-2-5-13(19)10-12/h2-7,10-11H,8-9H2,1H3,(H,21,22). The summed E-state index contributed by atoms with van der Waals surface area (Å²) in [6.07, 6.45) is 0.847. The van der Waals surface area contributed by atoms with Gasteiger partial charge in [0.15, 0.2) is 0 Å². The number of halogens is 2. The van der Waals surface area contributed by atoms with Gasteiger partial charge in [-0.15, -0.1) is 0 Å². The van der Waals surface area contributed by atoms with Crippen LogP contribution in [0.4, 0.5) is 5.82 Å². The molecule has 23 heavy (non-hydrogen) atoms. The molecule has 2 aromatic carbocycles. The summed E-state index contributed by atoms with van der Waals surface area (Å²) in [4.78, 5) is 4.40. The summed E-state index contributed by atoms with van der Waals surface area (Å²) in [7, 11) is 1.65. The van der Waals surface area contributed by atoms with Crippen LogP contribution in [0.25, 0.3) is 10.8 Å². The highest BCUT2D eigenvalue weighted by atomic mass is 35.5. The normalized spacial score (nSPS) is 10.7. The maximum absolute atomic E-state index is 6.15. The number of rotatable bonds is 5. The first kappa shape index (κ1) is 15.9. The second kappa shape index (κ2) is 7.07. The van der Waals surface area contributed by atoms with E-state index in [1.54, 1.807) is 7.11 Å². The van der Waals surface area contributed by atoms with Crippen LogP contribution in [0.1, 0.15) is 5.56 Å². The zero-order valence-electron chi connectivity index (χ0n) is 12.6. The predicted molar refractivity (Wildman–Crippen MR) is 97.0 cm³/mol. The van der Waals surface area contributed by atoms with Crippen LogP contribution in [0.3, 0.4) is 0 Å². The molecular weight excluding hydrogens is 331 g/mol. The van der Waals surface area contributed by atoms with Crippen molar-refractivity contribution in [1.82, 2.24) is 4.98 Å². The molecule has 3 rings (SSSR count). The second-order valence-electron chi connectivity index (χ2n) is 5.16. The molecule has 0 fully saturated rings. The summed E-state index contributed by atoms with van der Waals surface area (Å²) in [5.74, 6) is 1.54. The molecule has 0 saturated heterocycles. The zero-order chi connectivity index (χ0) is 16.2. The summed E-state index contributed by atoms with van der Waals surface area (Å²) in [6.45, 7) is 0.736. The van der Waals surface area contributed by atoms with Gasteiger partial charge in [0, 0.05) is 22.3 Å². The van der Waals surface area contributed by atoms with Gasteiger partial charge in [0.2, 0.25) is 0 Å². The molecular formula is C18H16Cl2N2O. The number of methoxy groups -OCH3 is 1. The lowest BCUT2D eigenvalue weighted by Gasteiger charge is -2.12. The number of ether oxygens (including phenoxy) is 1. The van der Waals surface area contributed by atoms with E-state index < -0.39 is 0 Å². The summed E-state index contributed by atoms with van der Waals surface area (Å²) in [5.41, 5.74) is 1.17. The molecule has 0 atom stereocenters. The fourth-order valence-electron chi connectivity index (χ4n) is 2.55. The second-order valence-corrected chi connectivity index (χ2v) is 5.98. The van der Waals surface area contributed by atoms with E-state index >= 15 is 0 Å². The van der Waals surface area contributed by atoms with Gasteiger partial charge in [0.05, 0.1) is 7.11 Å². The lowest BCUT2D eigenvalue weighted by Crippen LogP contribution is -2.07. The van der Waals surface area contributed by atoms with Crippen LogP contribution in [0, 0.1) is 0 Å². The molecule has 3 nitrogen and oxygen atoms in total. The number of pyridine rings is 1. The summed E-state index contributed by atoms with van der Waals surface area (Å²) >= 11 is 12.2. The number of nitrogens with one attached hydrogen (secondary N) is 1. The summed E-state index contributed by atoms with van der Waals surface area (Å²) < 4.78 is 5.40. The Morgan fingerprint density at radius 3 is 2.65 bits per heavy atom. The quantitative estimate of drug-likeness (QED) is 0.644. The van der Waals surface area contributed by atoms with Crippen LogP contribution in [-0.2, 0) is 6.42 Å². The largest absolute Gasteiger partial charge is 0.496 e. The number of aromatic nitrogens is 1. The maximum Gasteiger partial charge on any atom is 0.135 e. The molecule has 3 aromatic rings. The Balaban J connectivity index is 1.82. The Kier molecular flexibility index (Phi) is 4.89. The minimum absolute atomic E-state index is 0.437. The highest BCUT2D eigenvalue weighted by Crippen LogP contribution is 2.31. The van der Waals surface area contributed by atoms with Crippen LogP contribution in [0.2, 0.25) is 10.2 Å². The third kappa shape index (κ3) is 3.69. The topological polar surface area (TPSA) is 34.1 Å². The van der Waals surface area contributed by atoms with Gasteiger partial charge in [0.1, 0.15) is 16.7 Å². The molecule has 0 aliphatic carbocycles. The van der Waals surface area contributed by atoms with Crippen LogP contribution in [-0.4, -0.2) is 18.6 Å². The Labute approximate surface area is 145 Å². The average Bonchev–Trinajstić information content (AvgIpc) is 2.54. The van der Waals surface area contributed by atoms with Gasteiger partial charge in [-0.1, -0.05) is 47.5 Å². The van der Waals surface area contributed by atoms with Crippen molar-refractivity contribution in [3.63, 3.8) is 0 Å². The third-order valence-electron chi connectivity index (χ3n) is 3.62. The fraction of sp³-hybridized carbons (Fsp3) is 0.167. The predicted octanol–water partition coefficient (Wildman–Crippen LogP) is 5.20. The van der Waals surface area contributed by atoms with E-state index in [1.165, 1.54) is 5.56 Å². The van der Waals surface area contributed by atoms with E-state index in [0.717, 1.165) is 40.3 Å². The van der Waals surface area contributed by atoms with Gasteiger partial charge in [-0.25, -0.2) is 4.98 Å². The van der Waals surface area contributed by atoms with E-state index in [-0.39, 0.29) is 0 Å². The van der Waals surface area contributed by atoms with Crippen molar-refractivity contribution < 1.29 is 4.74 Å². The van der Waals surface area contributed by atoms with Crippen molar-refractivity contribution in [2.24, 2.45) is 0 Å². The average molecular weight is 347 g/mol. The maximum atomic E-state index is 6.15. The van der Waals surface area contributed by atoms with E-state index in [0.29, 0.717) is 5.15 Å². The highest BCUT2D eigenvalue weighted by Gasteiger charge is 2.08. The minimum atomic E-state index is 0.437. The Bertz CT molecular complexity index is 836. The Hall–Kier alpha value is -1.97. The number of fused-ring (bicyclic) bond motifs is 1. The Morgan fingerprint density at radius 2 is 1.87 bits per heavy atom. The van der Waals surface area contributed by atoms with Gasteiger partial charge >= 0.3 is 0 Å². The van der Waals surface area contributed by atoms with Crippen LogP contribution in [0.15, 0.2) is 48.5 Å². The van der Waals surface area contributed by atoms with E-state index in [1.807, 2.05) is 42.5 Å². The molecule has 0 bridgehead atoms. The van der Waals surface area contributed by atoms with Gasteiger partial charge < -0.3 is 10.1 Å². The van der Waals surface area contributed by atoms with Crippen molar-refractivity contribution in [3.05, 3.63) is 64.3 Å². The molecule has 0 saturated carbocycles. The molecule has 1 heterocycles. The molecule has 1 N–H and O–H groups in total. The Morgan fingerprint density at radius 1 is 1.04 bits per heavy atom. The first-order chi connectivity index (χ1) is 11.2. The monoisotopic (exact) mass is 346 g/mol. The number of hydrogen-bond donors (Lipinski definition) is 1. The molecule has 0 aliphatic rings. The molecule has 0 unspecified atom stereocenters. The third-order valence-corrected chi connectivity index (χ3v) is 4.05. The number of nitrogens with zero attached hydrogens (tertiary/aromatic N) is 1. The molecule has 118 valence electrons. The molecule has 5 heteroatoms. The highest BCUT2D eigenvalue weighted by molar-refractivity contribution is 6.30. The summed E-state index contributed by atoms with van der Waals surface area (Å²) in [5, 5.41) is 6.47. The molecule has 0 amide bonds. The first-order valence-corrected chi connectivity index (χ1v) is 8.04. The number of hydrogen-bond acceptors (Lipinski definition) is 3. The van der Waals surface area contributed by atoms with Crippen LogP contribution in [0.5, 0.6) is 5.75 Å². The van der Waals surface area contributed by atoms with Crippen LogP contribution < -0.4 is 10.1 Å². The van der Waals surface area contributed by atoms with Crippen molar-refractivity contribution in [2.75, 3.05) is 19.0 Å². The molecule has 0 spiro atoms. The first-order valence-electron chi connectivity index (χ1n) is 7.29. The van der Waals surface area contributed by atoms with Gasteiger partial charge in [0.25, 0.3) is 0 Å². The number of anilines is 1.